The molecular weight excluding hydrogens is 253 g/mol. The molecule has 0 atom stereocenters. The van der Waals surface area contributed by atoms with E-state index in [2.05, 4.69) is 13.8 Å². The van der Waals surface area contributed by atoms with Gasteiger partial charge in [0.2, 0.25) is 0 Å². The van der Waals surface area contributed by atoms with E-state index in [0.29, 0.717) is 5.92 Å². The molecule has 0 spiro atoms. The summed E-state index contributed by atoms with van der Waals surface area (Å²) in [6, 6.07) is 4.15. The first-order chi connectivity index (χ1) is 8.75. The summed E-state index contributed by atoms with van der Waals surface area (Å²) in [5.74, 6) is 0.561. The Kier molecular flexibility index (Phi) is 5.23. The molecule has 0 aromatic heterocycles. The van der Waals surface area contributed by atoms with Crippen molar-refractivity contribution in [1.29, 1.82) is 0 Å². The van der Waals surface area contributed by atoms with Gasteiger partial charge in [-0.05, 0) is 36.1 Å². The summed E-state index contributed by atoms with van der Waals surface area (Å²) in [5.41, 5.74) is 5.69. The van der Waals surface area contributed by atoms with E-state index in [1.165, 1.54) is 12.1 Å². The third-order valence-corrected chi connectivity index (χ3v) is 3.10. The average Bonchev–Trinajstić information content (AvgIpc) is 2.33. The molecule has 0 amide bonds. The molecular formula is C14H21F3N2. The van der Waals surface area contributed by atoms with Crippen molar-refractivity contribution in [3.05, 3.63) is 29.3 Å². The summed E-state index contributed by atoms with van der Waals surface area (Å²) >= 11 is 0. The zero-order valence-electron chi connectivity index (χ0n) is 11.6. The molecule has 1 rings (SSSR count). The van der Waals surface area contributed by atoms with Gasteiger partial charge in [0.05, 0.1) is 5.56 Å². The second-order valence-electron chi connectivity index (χ2n) is 5.15. The Morgan fingerprint density at radius 1 is 1.26 bits per heavy atom. The van der Waals surface area contributed by atoms with Crippen molar-refractivity contribution in [2.75, 3.05) is 18.5 Å². The Labute approximate surface area is 112 Å². The lowest BCUT2D eigenvalue weighted by Crippen LogP contribution is -2.21. The molecule has 0 radical (unpaired) electrons. The van der Waals surface area contributed by atoms with Crippen molar-refractivity contribution in [2.45, 2.75) is 33.0 Å². The van der Waals surface area contributed by atoms with Gasteiger partial charge < -0.3 is 10.6 Å². The monoisotopic (exact) mass is 274 g/mol. The van der Waals surface area contributed by atoms with E-state index >= 15 is 0 Å². The Morgan fingerprint density at radius 3 is 2.37 bits per heavy atom. The van der Waals surface area contributed by atoms with Gasteiger partial charge in [-0.15, -0.1) is 0 Å². The van der Waals surface area contributed by atoms with E-state index < -0.39 is 11.7 Å². The maximum Gasteiger partial charge on any atom is 0.416 e. The summed E-state index contributed by atoms with van der Waals surface area (Å²) in [6.07, 6.45) is -3.35. The van der Waals surface area contributed by atoms with Crippen molar-refractivity contribution >= 4 is 5.69 Å². The second-order valence-corrected chi connectivity index (χ2v) is 5.15. The molecule has 0 unspecified atom stereocenters. The lowest BCUT2D eigenvalue weighted by atomic mass is 10.1. The molecule has 108 valence electrons. The molecule has 1 aromatic carbocycles. The first-order valence-electron chi connectivity index (χ1n) is 6.37. The van der Waals surface area contributed by atoms with Crippen LogP contribution < -0.4 is 10.6 Å². The number of rotatable bonds is 5. The van der Waals surface area contributed by atoms with E-state index in [0.717, 1.165) is 24.7 Å². The van der Waals surface area contributed by atoms with Gasteiger partial charge in [0.15, 0.2) is 0 Å². The number of alkyl halides is 3. The molecule has 0 fully saturated rings. The number of nitrogens with two attached hydrogens (primary N) is 1. The Balaban J connectivity index is 2.93. The highest BCUT2D eigenvalue weighted by Crippen LogP contribution is 2.33. The predicted molar refractivity (Wildman–Crippen MR) is 72.1 cm³/mol. The molecule has 2 N–H and O–H groups in total. The summed E-state index contributed by atoms with van der Waals surface area (Å²) in [6.45, 7) is 4.94. The number of hydrogen-bond acceptors (Lipinski definition) is 2. The third-order valence-electron chi connectivity index (χ3n) is 3.10. The van der Waals surface area contributed by atoms with Crippen molar-refractivity contribution in [3.63, 3.8) is 0 Å². The third kappa shape index (κ3) is 4.42. The molecule has 19 heavy (non-hydrogen) atoms. The lowest BCUT2D eigenvalue weighted by molar-refractivity contribution is -0.138. The molecule has 5 heteroatoms. The van der Waals surface area contributed by atoms with Gasteiger partial charge in [-0.2, -0.15) is 13.2 Å². The zero-order valence-corrected chi connectivity index (χ0v) is 11.6. The minimum absolute atomic E-state index is 0.110. The van der Waals surface area contributed by atoms with Crippen LogP contribution in [0.2, 0.25) is 0 Å². The number of halogens is 3. The molecule has 2 nitrogen and oxygen atoms in total. The van der Waals surface area contributed by atoms with E-state index in [-0.39, 0.29) is 12.1 Å². The average molecular weight is 274 g/mol. The van der Waals surface area contributed by atoms with Crippen LogP contribution in [0.3, 0.4) is 0 Å². The molecule has 0 saturated carbocycles. The first kappa shape index (κ1) is 15.8. The highest BCUT2D eigenvalue weighted by molar-refractivity contribution is 5.51. The number of hydrogen-bond donors (Lipinski definition) is 1. The second kappa shape index (κ2) is 6.28. The van der Waals surface area contributed by atoms with Crippen LogP contribution in [0.4, 0.5) is 18.9 Å². The van der Waals surface area contributed by atoms with Crippen LogP contribution in [-0.2, 0) is 12.7 Å². The summed E-state index contributed by atoms with van der Waals surface area (Å²) < 4.78 is 38.3. The van der Waals surface area contributed by atoms with Crippen LogP contribution in [-0.4, -0.2) is 13.6 Å². The smallest absolute Gasteiger partial charge is 0.375 e. The van der Waals surface area contributed by atoms with Crippen LogP contribution in [0.15, 0.2) is 18.2 Å². The number of anilines is 1. The summed E-state index contributed by atoms with van der Waals surface area (Å²) in [5, 5.41) is 0. The van der Waals surface area contributed by atoms with Crippen molar-refractivity contribution in [1.82, 2.24) is 0 Å². The lowest BCUT2D eigenvalue weighted by Gasteiger charge is -2.22. The van der Waals surface area contributed by atoms with Crippen molar-refractivity contribution in [2.24, 2.45) is 11.7 Å². The fraction of sp³-hybridized carbons (Fsp3) is 0.571. The molecule has 0 aliphatic carbocycles. The molecule has 0 heterocycles. The Bertz CT molecular complexity index is 414. The molecule has 0 saturated heterocycles. The van der Waals surface area contributed by atoms with E-state index in [1.54, 1.807) is 0 Å². The Morgan fingerprint density at radius 2 is 1.89 bits per heavy atom. The van der Waals surface area contributed by atoms with Crippen LogP contribution in [0.25, 0.3) is 0 Å². The maximum absolute atomic E-state index is 12.8. The molecule has 0 aliphatic rings. The fourth-order valence-electron chi connectivity index (χ4n) is 1.84. The SMILES string of the molecule is CC(C)CCN(C)c1ccc(C(F)(F)F)c(CN)c1. The van der Waals surface area contributed by atoms with Gasteiger partial charge in [0.1, 0.15) is 0 Å². The highest BCUT2D eigenvalue weighted by Gasteiger charge is 2.33. The highest BCUT2D eigenvalue weighted by atomic mass is 19.4. The van der Waals surface area contributed by atoms with Gasteiger partial charge in [0.25, 0.3) is 0 Å². The van der Waals surface area contributed by atoms with Gasteiger partial charge in [-0.1, -0.05) is 13.8 Å². The van der Waals surface area contributed by atoms with Crippen molar-refractivity contribution < 1.29 is 13.2 Å². The van der Waals surface area contributed by atoms with Gasteiger partial charge in [-0.25, -0.2) is 0 Å². The topological polar surface area (TPSA) is 29.3 Å². The molecule has 0 aliphatic heterocycles. The number of benzene rings is 1. The minimum Gasteiger partial charge on any atom is -0.375 e. The van der Waals surface area contributed by atoms with E-state index in [4.69, 9.17) is 5.73 Å². The Hall–Kier alpha value is -1.23. The van der Waals surface area contributed by atoms with Crippen LogP contribution in [0.5, 0.6) is 0 Å². The maximum atomic E-state index is 12.8. The zero-order chi connectivity index (χ0) is 14.6. The van der Waals surface area contributed by atoms with Crippen molar-refractivity contribution in [3.8, 4) is 0 Å². The first-order valence-corrected chi connectivity index (χ1v) is 6.37. The number of nitrogens with zero attached hydrogens (tertiary/aromatic N) is 1. The summed E-state index contributed by atoms with van der Waals surface area (Å²) in [4.78, 5) is 1.96. The molecule has 1 aromatic rings. The molecule has 0 bridgehead atoms. The quantitative estimate of drug-likeness (QED) is 0.888. The van der Waals surface area contributed by atoms with Crippen LogP contribution >= 0.6 is 0 Å². The van der Waals surface area contributed by atoms with E-state index in [1.807, 2.05) is 11.9 Å². The largest absolute Gasteiger partial charge is 0.416 e. The fourth-order valence-corrected chi connectivity index (χ4v) is 1.84. The standard InChI is InChI=1S/C14H21F3N2/c1-10(2)6-7-19(3)12-4-5-13(14(15,16)17)11(8-12)9-18/h4-5,8,10H,6-7,9,18H2,1-3H3. The minimum atomic E-state index is -4.34. The van der Waals surface area contributed by atoms with Gasteiger partial charge >= 0.3 is 6.18 Å². The predicted octanol–water partition coefficient (Wildman–Crippen LogP) is 3.65. The van der Waals surface area contributed by atoms with Crippen LogP contribution in [0.1, 0.15) is 31.4 Å². The van der Waals surface area contributed by atoms with Gasteiger partial charge in [-0.3, -0.25) is 0 Å². The normalized spacial score (nSPS) is 12.0. The summed E-state index contributed by atoms with van der Waals surface area (Å²) in [7, 11) is 1.88. The van der Waals surface area contributed by atoms with E-state index in [9.17, 15) is 13.2 Å². The van der Waals surface area contributed by atoms with Gasteiger partial charge in [0, 0.05) is 25.8 Å². The van der Waals surface area contributed by atoms with Crippen LogP contribution in [0, 0.1) is 5.92 Å².